The first kappa shape index (κ1) is 19.9. The molecule has 2 heterocycles. The molecule has 1 fully saturated rings. The van der Waals surface area contributed by atoms with Crippen LogP contribution in [0.5, 0.6) is 0 Å². The number of aryl methyl sites for hydroxylation is 1. The average Bonchev–Trinajstić information content (AvgIpc) is 3.45. The summed E-state index contributed by atoms with van der Waals surface area (Å²) in [5, 5.41) is 12.0. The van der Waals surface area contributed by atoms with Crippen molar-refractivity contribution < 1.29 is 0 Å². The topological polar surface area (TPSA) is 58.3 Å². The highest BCUT2D eigenvalue weighted by Gasteiger charge is 2.25. The molecule has 2 aliphatic rings. The number of aromatic nitrogens is 3. The Morgan fingerprint density at radius 2 is 2.00 bits per heavy atom. The second kappa shape index (κ2) is 8.86. The predicted molar refractivity (Wildman–Crippen MR) is 119 cm³/mol. The Balaban J connectivity index is 0.00000210. The summed E-state index contributed by atoms with van der Waals surface area (Å²) < 4.78 is 2.00. The number of guanidine groups is 1. The number of aliphatic imine (C=N–C) groups is 1. The molecule has 0 spiro atoms. The first-order valence-electron chi connectivity index (χ1n) is 9.36. The number of hydrogen-bond donors (Lipinski definition) is 1. The molecule has 0 amide bonds. The van der Waals surface area contributed by atoms with Gasteiger partial charge < -0.3 is 14.8 Å². The minimum Gasteiger partial charge on any atom is -0.353 e. The molecular weight excluding hydrogens is 451 g/mol. The lowest BCUT2D eigenvalue weighted by molar-refractivity contribution is 0.437. The Labute approximate surface area is 177 Å². The first-order valence-corrected chi connectivity index (χ1v) is 9.36. The maximum Gasteiger partial charge on any atom is 0.194 e. The number of halogens is 1. The summed E-state index contributed by atoms with van der Waals surface area (Å²) in [7, 11) is 1.99. The van der Waals surface area contributed by atoms with E-state index >= 15 is 0 Å². The molecule has 1 aromatic heterocycles. The zero-order valence-corrected chi connectivity index (χ0v) is 18.3. The lowest BCUT2D eigenvalue weighted by Gasteiger charge is -2.30. The van der Waals surface area contributed by atoms with Gasteiger partial charge in [-0.15, -0.1) is 34.2 Å². The summed E-state index contributed by atoms with van der Waals surface area (Å²) in [6.07, 6.45) is 5.84. The second-order valence-electron chi connectivity index (χ2n) is 7.07. The fourth-order valence-corrected chi connectivity index (χ4v) is 3.16. The van der Waals surface area contributed by atoms with Gasteiger partial charge in [0.15, 0.2) is 11.8 Å². The Morgan fingerprint density at radius 3 is 2.59 bits per heavy atom. The van der Waals surface area contributed by atoms with Crippen LogP contribution in [0.3, 0.4) is 0 Å². The highest BCUT2D eigenvalue weighted by atomic mass is 127. The molecule has 0 bridgehead atoms. The Hall–Kier alpha value is -1.90. The average molecular weight is 478 g/mol. The van der Waals surface area contributed by atoms with Gasteiger partial charge in [-0.05, 0) is 37.3 Å². The van der Waals surface area contributed by atoms with E-state index in [1.165, 1.54) is 24.0 Å². The molecule has 0 atom stereocenters. The highest BCUT2D eigenvalue weighted by molar-refractivity contribution is 14.0. The van der Waals surface area contributed by atoms with Crippen LogP contribution < -0.4 is 5.32 Å². The third-order valence-electron chi connectivity index (χ3n) is 5.12. The monoisotopic (exact) mass is 478 g/mol. The normalized spacial score (nSPS) is 17.3. The Kier molecular flexibility index (Phi) is 6.51. The molecule has 6 nitrogen and oxygen atoms in total. The van der Waals surface area contributed by atoms with Crippen LogP contribution in [0.15, 0.2) is 41.4 Å². The number of rotatable bonds is 4. The number of hydrogen-bond acceptors (Lipinski definition) is 3. The molecule has 1 N–H and O–H groups in total. The van der Waals surface area contributed by atoms with Crippen molar-refractivity contribution >= 4 is 35.5 Å². The van der Waals surface area contributed by atoms with Gasteiger partial charge in [0.25, 0.3) is 0 Å². The van der Waals surface area contributed by atoms with Gasteiger partial charge in [-0.25, -0.2) is 4.99 Å². The van der Waals surface area contributed by atoms with E-state index in [0.717, 1.165) is 37.1 Å². The van der Waals surface area contributed by atoms with Crippen molar-refractivity contribution in [3.05, 3.63) is 53.6 Å². The van der Waals surface area contributed by atoms with E-state index in [0.29, 0.717) is 12.6 Å². The smallest absolute Gasteiger partial charge is 0.194 e. The van der Waals surface area contributed by atoms with Crippen molar-refractivity contribution in [1.29, 1.82) is 0 Å². The van der Waals surface area contributed by atoms with Crippen LogP contribution in [-0.2, 0) is 13.6 Å². The maximum absolute atomic E-state index is 4.85. The van der Waals surface area contributed by atoms with Crippen molar-refractivity contribution in [2.24, 2.45) is 12.0 Å². The van der Waals surface area contributed by atoms with Crippen molar-refractivity contribution in [1.82, 2.24) is 25.0 Å². The molecule has 0 unspecified atom stereocenters. The van der Waals surface area contributed by atoms with E-state index in [4.69, 9.17) is 4.99 Å². The van der Waals surface area contributed by atoms with Gasteiger partial charge in [0, 0.05) is 26.2 Å². The molecule has 1 aliphatic carbocycles. The summed E-state index contributed by atoms with van der Waals surface area (Å²) >= 11 is 0. The van der Waals surface area contributed by atoms with Gasteiger partial charge in [-0.3, -0.25) is 0 Å². The van der Waals surface area contributed by atoms with Gasteiger partial charge in [0.1, 0.15) is 12.4 Å². The predicted octanol–water partition coefficient (Wildman–Crippen LogP) is 3.14. The summed E-state index contributed by atoms with van der Waals surface area (Å²) in [5.41, 5.74) is 2.76. The number of nitrogens with one attached hydrogen (secondary N) is 1. The third-order valence-corrected chi connectivity index (χ3v) is 5.12. The van der Waals surface area contributed by atoms with Crippen LogP contribution >= 0.6 is 24.0 Å². The van der Waals surface area contributed by atoms with Crippen LogP contribution in [0.25, 0.3) is 5.57 Å². The standard InChI is InChI=1S/C20H26N6.HI/c1-15-23-24-19(25(15)2)14-21-20(22-18-8-9-18)26-12-10-17(11-13-26)16-6-4-3-5-7-16;/h3-7,10,18H,8-9,11-14H2,1-2H3,(H,21,22);1H. The van der Waals surface area contributed by atoms with Crippen LogP contribution in [0.1, 0.15) is 36.5 Å². The molecule has 1 saturated carbocycles. The minimum absolute atomic E-state index is 0. The van der Waals surface area contributed by atoms with Crippen molar-refractivity contribution in [3.8, 4) is 0 Å². The van der Waals surface area contributed by atoms with Gasteiger partial charge in [0.2, 0.25) is 0 Å². The quantitative estimate of drug-likeness (QED) is 0.417. The molecule has 144 valence electrons. The zero-order chi connectivity index (χ0) is 17.9. The highest BCUT2D eigenvalue weighted by Crippen LogP contribution is 2.23. The Bertz CT molecular complexity index is 822. The van der Waals surface area contributed by atoms with Gasteiger partial charge in [0.05, 0.1) is 0 Å². The Morgan fingerprint density at radius 1 is 1.22 bits per heavy atom. The minimum atomic E-state index is 0. The molecule has 7 heteroatoms. The van der Waals surface area contributed by atoms with Crippen molar-refractivity contribution in [2.75, 3.05) is 13.1 Å². The van der Waals surface area contributed by atoms with Gasteiger partial charge >= 0.3 is 0 Å². The molecule has 1 aliphatic heterocycles. The van der Waals surface area contributed by atoms with E-state index < -0.39 is 0 Å². The third kappa shape index (κ3) is 4.88. The lowest BCUT2D eigenvalue weighted by Crippen LogP contribution is -2.44. The summed E-state index contributed by atoms with van der Waals surface area (Å²) in [6.45, 7) is 4.39. The van der Waals surface area contributed by atoms with E-state index in [-0.39, 0.29) is 24.0 Å². The van der Waals surface area contributed by atoms with Crippen LogP contribution in [-0.4, -0.2) is 44.8 Å². The molecule has 1 aromatic carbocycles. The summed E-state index contributed by atoms with van der Waals surface area (Å²) in [6, 6.07) is 11.2. The zero-order valence-electron chi connectivity index (χ0n) is 15.9. The molecule has 27 heavy (non-hydrogen) atoms. The van der Waals surface area contributed by atoms with E-state index in [2.05, 4.69) is 56.8 Å². The van der Waals surface area contributed by atoms with Crippen LogP contribution in [0.2, 0.25) is 0 Å². The fraction of sp³-hybridized carbons (Fsp3) is 0.450. The maximum atomic E-state index is 4.85. The van der Waals surface area contributed by atoms with Crippen molar-refractivity contribution in [3.63, 3.8) is 0 Å². The number of benzene rings is 1. The SMILES string of the molecule is Cc1nnc(CN=C(NC2CC2)N2CC=C(c3ccccc3)CC2)n1C.I. The van der Waals surface area contributed by atoms with Gasteiger partial charge in [-0.1, -0.05) is 36.4 Å². The molecule has 0 saturated heterocycles. The fourth-order valence-electron chi connectivity index (χ4n) is 3.16. The lowest BCUT2D eigenvalue weighted by atomic mass is 10.00. The van der Waals surface area contributed by atoms with E-state index in [1.54, 1.807) is 0 Å². The number of nitrogens with zero attached hydrogens (tertiary/aromatic N) is 5. The van der Waals surface area contributed by atoms with E-state index in [1.807, 2.05) is 18.5 Å². The largest absolute Gasteiger partial charge is 0.353 e. The first-order chi connectivity index (χ1) is 12.7. The van der Waals surface area contributed by atoms with E-state index in [9.17, 15) is 0 Å². The molecule has 0 radical (unpaired) electrons. The van der Waals surface area contributed by atoms with Crippen LogP contribution in [0, 0.1) is 6.92 Å². The molecule has 2 aromatic rings. The van der Waals surface area contributed by atoms with Crippen molar-refractivity contribution in [2.45, 2.75) is 38.8 Å². The second-order valence-corrected chi connectivity index (χ2v) is 7.07. The summed E-state index contributed by atoms with van der Waals surface area (Å²) in [4.78, 5) is 7.19. The molecular formula is C20H27IN6. The summed E-state index contributed by atoms with van der Waals surface area (Å²) in [5.74, 6) is 2.81. The van der Waals surface area contributed by atoms with Gasteiger partial charge in [-0.2, -0.15) is 0 Å². The van der Waals surface area contributed by atoms with Crippen LogP contribution in [0.4, 0.5) is 0 Å². The molecule has 4 rings (SSSR count).